The van der Waals surface area contributed by atoms with E-state index in [0.717, 1.165) is 12.3 Å². The van der Waals surface area contributed by atoms with Crippen molar-refractivity contribution in [3.05, 3.63) is 0 Å². The van der Waals surface area contributed by atoms with Crippen molar-refractivity contribution in [1.29, 1.82) is 0 Å². The van der Waals surface area contributed by atoms with Gasteiger partial charge in [-0.25, -0.2) is 0 Å². The first-order chi connectivity index (χ1) is 4.97. The molecule has 2 saturated carbocycles. The molecule has 3 unspecified atom stereocenters. The fraction of sp³-hybridized carbons (Fsp3) is 1.00. The Hall–Kier alpha value is -0.0400. The van der Waals surface area contributed by atoms with Crippen molar-refractivity contribution in [3.8, 4) is 0 Å². The Morgan fingerprint density at radius 3 is 2.09 bits per heavy atom. The van der Waals surface area contributed by atoms with Gasteiger partial charge in [-0.3, -0.25) is 0 Å². The van der Waals surface area contributed by atoms with Crippen LogP contribution in [-0.4, -0.2) is 11.2 Å². The second-order valence-electron chi connectivity index (χ2n) is 5.29. The summed E-state index contributed by atoms with van der Waals surface area (Å²) in [5, 5.41) is 9.80. The first-order valence-electron chi connectivity index (χ1n) is 4.65. The molecule has 2 aliphatic carbocycles. The van der Waals surface area contributed by atoms with Gasteiger partial charge in [0.25, 0.3) is 0 Å². The monoisotopic (exact) mass is 154 g/mol. The number of rotatable bonds is 0. The fourth-order valence-electron chi connectivity index (χ4n) is 3.23. The summed E-state index contributed by atoms with van der Waals surface area (Å²) in [5.41, 5.74) is 0.677. The van der Waals surface area contributed by atoms with Crippen molar-refractivity contribution >= 4 is 0 Å². The fourth-order valence-corrected chi connectivity index (χ4v) is 3.23. The van der Waals surface area contributed by atoms with Gasteiger partial charge in [-0.2, -0.15) is 0 Å². The third-order valence-corrected chi connectivity index (χ3v) is 4.26. The van der Waals surface area contributed by atoms with Crippen LogP contribution >= 0.6 is 0 Å². The molecule has 2 fully saturated rings. The first-order valence-corrected chi connectivity index (χ1v) is 4.65. The molecular formula is C10H18O. The van der Waals surface area contributed by atoms with E-state index in [4.69, 9.17) is 0 Å². The van der Waals surface area contributed by atoms with E-state index in [1.54, 1.807) is 0 Å². The largest absolute Gasteiger partial charge is 0.393 e. The van der Waals surface area contributed by atoms with E-state index in [0.29, 0.717) is 5.41 Å². The normalized spacial score (nSPS) is 53.5. The summed E-state index contributed by atoms with van der Waals surface area (Å²) in [6.45, 7) is 6.76. The Labute approximate surface area is 68.8 Å². The van der Waals surface area contributed by atoms with E-state index in [1.807, 2.05) is 0 Å². The Kier molecular flexibility index (Phi) is 1.26. The van der Waals surface area contributed by atoms with Gasteiger partial charge in [-0.05, 0) is 36.0 Å². The first kappa shape index (κ1) is 7.60. The van der Waals surface area contributed by atoms with Crippen LogP contribution in [0.4, 0.5) is 0 Å². The molecule has 11 heavy (non-hydrogen) atoms. The van der Waals surface area contributed by atoms with E-state index in [-0.39, 0.29) is 11.5 Å². The smallest absolute Gasteiger partial charge is 0.0599 e. The van der Waals surface area contributed by atoms with Crippen LogP contribution in [0.3, 0.4) is 0 Å². The highest BCUT2D eigenvalue weighted by molar-refractivity contribution is 5.09. The Balaban J connectivity index is 2.27. The predicted molar refractivity (Wildman–Crippen MR) is 45.2 cm³/mol. The predicted octanol–water partition coefficient (Wildman–Crippen LogP) is 2.19. The van der Waals surface area contributed by atoms with Crippen LogP contribution in [0.25, 0.3) is 0 Å². The summed E-state index contributed by atoms with van der Waals surface area (Å²) in [4.78, 5) is 0. The van der Waals surface area contributed by atoms with Gasteiger partial charge >= 0.3 is 0 Å². The SMILES string of the molecule is CC12CCC1C(C)(C)C(O)C2. The number of aliphatic hydroxyl groups is 1. The molecule has 1 heteroatoms. The van der Waals surface area contributed by atoms with E-state index >= 15 is 0 Å². The van der Waals surface area contributed by atoms with Crippen LogP contribution in [0.5, 0.6) is 0 Å². The molecule has 0 spiro atoms. The van der Waals surface area contributed by atoms with E-state index in [2.05, 4.69) is 20.8 Å². The second kappa shape index (κ2) is 1.82. The maximum atomic E-state index is 9.80. The molecule has 0 bridgehead atoms. The van der Waals surface area contributed by atoms with Crippen molar-refractivity contribution in [1.82, 2.24) is 0 Å². The lowest BCUT2D eigenvalue weighted by molar-refractivity contribution is 0.00415. The molecule has 0 aromatic rings. The minimum atomic E-state index is -0.0556. The summed E-state index contributed by atoms with van der Waals surface area (Å²) in [7, 11) is 0. The highest BCUT2D eigenvalue weighted by atomic mass is 16.3. The Morgan fingerprint density at radius 2 is 1.91 bits per heavy atom. The van der Waals surface area contributed by atoms with Crippen LogP contribution in [0.15, 0.2) is 0 Å². The average molecular weight is 154 g/mol. The van der Waals surface area contributed by atoms with Crippen molar-refractivity contribution in [3.63, 3.8) is 0 Å². The summed E-state index contributed by atoms with van der Waals surface area (Å²) in [6.07, 6.45) is 3.64. The highest BCUT2D eigenvalue weighted by Crippen LogP contribution is 2.64. The summed E-state index contributed by atoms with van der Waals surface area (Å²) < 4.78 is 0. The molecule has 0 radical (unpaired) electrons. The lowest BCUT2D eigenvalue weighted by Crippen LogP contribution is -2.39. The van der Waals surface area contributed by atoms with Gasteiger partial charge in [0.2, 0.25) is 0 Å². The maximum absolute atomic E-state index is 9.80. The van der Waals surface area contributed by atoms with Gasteiger partial charge in [0, 0.05) is 0 Å². The van der Waals surface area contributed by atoms with Crippen LogP contribution in [0.2, 0.25) is 0 Å². The van der Waals surface area contributed by atoms with Gasteiger partial charge in [0.1, 0.15) is 0 Å². The molecule has 0 aromatic heterocycles. The van der Waals surface area contributed by atoms with Gasteiger partial charge in [0.15, 0.2) is 0 Å². The zero-order chi connectivity index (χ0) is 8.28. The Bertz CT molecular complexity index is 185. The molecule has 0 amide bonds. The van der Waals surface area contributed by atoms with E-state index in [1.165, 1.54) is 12.8 Å². The Morgan fingerprint density at radius 1 is 1.27 bits per heavy atom. The molecule has 0 heterocycles. The number of fused-ring (bicyclic) bond motifs is 1. The van der Waals surface area contributed by atoms with Crippen molar-refractivity contribution in [2.75, 3.05) is 0 Å². The summed E-state index contributed by atoms with van der Waals surface area (Å²) >= 11 is 0. The second-order valence-corrected chi connectivity index (χ2v) is 5.29. The van der Waals surface area contributed by atoms with Crippen molar-refractivity contribution in [2.24, 2.45) is 16.7 Å². The maximum Gasteiger partial charge on any atom is 0.0599 e. The zero-order valence-electron chi connectivity index (χ0n) is 7.72. The van der Waals surface area contributed by atoms with Gasteiger partial charge < -0.3 is 5.11 Å². The van der Waals surface area contributed by atoms with Gasteiger partial charge in [-0.15, -0.1) is 0 Å². The summed E-state index contributed by atoms with van der Waals surface area (Å²) in [5.74, 6) is 0.782. The number of hydrogen-bond acceptors (Lipinski definition) is 1. The van der Waals surface area contributed by atoms with Crippen molar-refractivity contribution < 1.29 is 5.11 Å². The standard InChI is InChI=1S/C10H18O/c1-9(2)7-4-5-10(7,3)6-8(9)11/h7-8,11H,4-6H2,1-3H3. The van der Waals surface area contributed by atoms with E-state index < -0.39 is 0 Å². The molecular weight excluding hydrogens is 136 g/mol. The highest BCUT2D eigenvalue weighted by Gasteiger charge is 2.59. The van der Waals surface area contributed by atoms with Crippen LogP contribution in [0.1, 0.15) is 40.0 Å². The molecule has 1 nitrogen and oxygen atoms in total. The zero-order valence-corrected chi connectivity index (χ0v) is 7.72. The molecule has 0 aromatic carbocycles. The third-order valence-electron chi connectivity index (χ3n) is 4.26. The lowest BCUT2D eigenvalue weighted by atomic mass is 9.58. The molecule has 0 saturated heterocycles. The van der Waals surface area contributed by atoms with Crippen LogP contribution in [0, 0.1) is 16.7 Å². The van der Waals surface area contributed by atoms with Crippen molar-refractivity contribution in [2.45, 2.75) is 46.1 Å². The average Bonchev–Trinajstić information content (AvgIpc) is 1.91. The minimum absolute atomic E-state index is 0.0556. The number of hydrogen-bond donors (Lipinski definition) is 1. The summed E-state index contributed by atoms with van der Waals surface area (Å²) in [6, 6.07) is 0. The third kappa shape index (κ3) is 0.752. The molecule has 64 valence electrons. The molecule has 2 aliphatic rings. The van der Waals surface area contributed by atoms with Gasteiger partial charge in [0.05, 0.1) is 6.10 Å². The quantitative estimate of drug-likeness (QED) is 0.567. The van der Waals surface area contributed by atoms with Gasteiger partial charge in [-0.1, -0.05) is 20.8 Å². The minimum Gasteiger partial charge on any atom is -0.393 e. The lowest BCUT2D eigenvalue weighted by Gasteiger charge is -2.47. The topological polar surface area (TPSA) is 20.2 Å². The molecule has 3 atom stereocenters. The molecule has 1 N–H and O–H groups in total. The molecule has 2 rings (SSSR count). The van der Waals surface area contributed by atoms with E-state index in [9.17, 15) is 5.11 Å². The van der Waals surface area contributed by atoms with Crippen LogP contribution in [-0.2, 0) is 0 Å². The molecule has 0 aliphatic heterocycles. The number of aliphatic hydroxyl groups excluding tert-OH is 1. The van der Waals surface area contributed by atoms with Crippen LogP contribution < -0.4 is 0 Å².